The van der Waals surface area contributed by atoms with E-state index in [1.54, 1.807) is 65.4 Å². The molecule has 0 bridgehead atoms. The average Bonchev–Trinajstić information content (AvgIpc) is 1.63. The minimum absolute atomic E-state index is 0.0156. The smallest absolute Gasteiger partial charge is 0.412 e. The van der Waals surface area contributed by atoms with Crippen LogP contribution < -0.4 is 63.8 Å². The van der Waals surface area contributed by atoms with Crippen LogP contribution in [0, 0.1) is 41.5 Å². The molecule has 15 rings (SSSR count). The molecule has 0 aliphatic carbocycles. The van der Waals surface area contributed by atoms with Crippen molar-refractivity contribution in [1.29, 1.82) is 0 Å². The Morgan fingerprint density at radius 1 is 0.423 bits per heavy atom. The maximum Gasteiger partial charge on any atom is 0.412 e. The van der Waals surface area contributed by atoms with Gasteiger partial charge in [0.15, 0.2) is 51.4 Å². The molecule has 3 atom stereocenters. The summed E-state index contributed by atoms with van der Waals surface area (Å²) < 4.78 is 78.5. The third-order valence-corrected chi connectivity index (χ3v) is 19.7. The number of ether oxygens (including phenoxy) is 8. The number of alkyl halides is 2. The summed E-state index contributed by atoms with van der Waals surface area (Å²) in [6, 6.07) is 48.7. The molecule has 28 heteroatoms. The predicted octanol–water partition coefficient (Wildman–Crippen LogP) is 13.5. The number of carbonyl (C=O) groups excluding carboxylic acids is 3. The fourth-order valence-corrected chi connectivity index (χ4v) is 14.4. The van der Waals surface area contributed by atoms with Crippen molar-refractivity contribution in [3.05, 3.63) is 209 Å². The zero-order valence-electron chi connectivity index (χ0n) is 64.0. The zero-order chi connectivity index (χ0) is 78.2. The lowest BCUT2D eigenvalue weighted by atomic mass is 10.1. The molecule has 9 heterocycles. The van der Waals surface area contributed by atoms with Gasteiger partial charge in [0.05, 0.1) is 123 Å². The van der Waals surface area contributed by atoms with Gasteiger partial charge in [-0.15, -0.1) is 0 Å². The normalized spacial score (nSPS) is 15.3. The van der Waals surface area contributed by atoms with Gasteiger partial charge in [-0.2, -0.15) is 24.1 Å². The number of halogens is 2. The monoisotopic (exact) mass is 1510 g/mol. The van der Waals surface area contributed by atoms with Gasteiger partial charge in [0.2, 0.25) is 0 Å². The van der Waals surface area contributed by atoms with Crippen molar-refractivity contribution in [2.75, 3.05) is 96.6 Å². The molecule has 3 N–H and O–H groups in total. The Labute approximate surface area is 641 Å². The van der Waals surface area contributed by atoms with E-state index in [1.165, 1.54) is 24.3 Å². The number of anilines is 3. The number of rotatable bonds is 20. The molecule has 12 aromatic rings. The van der Waals surface area contributed by atoms with Crippen LogP contribution >= 0.6 is 0 Å². The van der Waals surface area contributed by atoms with Gasteiger partial charge in [-0.05, 0) is 151 Å². The van der Waals surface area contributed by atoms with Gasteiger partial charge in [0.1, 0.15) is 12.4 Å². The van der Waals surface area contributed by atoms with Crippen LogP contribution in [0.3, 0.4) is 0 Å². The number of para-hydroxylation sites is 1. The van der Waals surface area contributed by atoms with Gasteiger partial charge >= 0.3 is 18.1 Å². The molecule has 3 saturated heterocycles. The molecule has 3 amide bonds. The first kappa shape index (κ1) is 76.4. The lowest BCUT2D eigenvalue weighted by Gasteiger charge is -2.22. The molecule has 3 aliphatic rings. The third-order valence-electron chi connectivity index (χ3n) is 19.7. The van der Waals surface area contributed by atoms with Gasteiger partial charge in [-0.3, -0.25) is 4.79 Å². The quantitative estimate of drug-likeness (QED) is 0.0640. The Hall–Kier alpha value is -12.8. The van der Waals surface area contributed by atoms with E-state index in [-0.39, 0.29) is 24.3 Å². The van der Waals surface area contributed by atoms with Crippen LogP contribution in [0.1, 0.15) is 64.6 Å². The summed E-state index contributed by atoms with van der Waals surface area (Å²) >= 11 is 0. The molecule has 0 radical (unpaired) electrons. The number of fused-ring (bicyclic) bond motifs is 3. The van der Waals surface area contributed by atoms with E-state index in [0.29, 0.717) is 78.5 Å². The molecule has 111 heavy (non-hydrogen) atoms. The number of hydrogen-bond donors (Lipinski definition) is 3. The minimum Gasteiger partial charge on any atom is -0.493 e. The SMILES string of the molecule is COc1ccc(-c2c(C)nc3c(N4CC[C@@H](NC(=O)C(F)(F)c5ccccc5)C4)cc(C)nn23)cc1OC.COc1ccc(-c2c(C)nc3c(N4CC[C@@H](NC(=O)OCc5ccccc5)C4)cc(C)nn23)cc1OC.COc1ccc(-c2c(C)nc3c(N4CC[C@@H](NC(=O)Oc5ccccc5)C4)cc(C)nn23)cc1OC. The number of carbonyl (C=O) groups is 3. The van der Waals surface area contributed by atoms with Crippen molar-refractivity contribution >= 4 is 52.1 Å². The van der Waals surface area contributed by atoms with Gasteiger partial charge in [-0.25, -0.2) is 38.1 Å². The average molecular weight is 1510 g/mol. The van der Waals surface area contributed by atoms with Crippen LogP contribution in [0.25, 0.3) is 50.7 Å². The number of alkyl carbamates (subject to hydrolysis) is 1. The molecule has 3 fully saturated rings. The third kappa shape index (κ3) is 16.6. The number of benzene rings is 6. The molecular weight excluding hydrogens is 1420 g/mol. The molecule has 3 aliphatic heterocycles. The van der Waals surface area contributed by atoms with E-state index >= 15 is 0 Å². The number of imidazole rings is 3. The van der Waals surface area contributed by atoms with Crippen LogP contribution in [-0.4, -0.2) is 162 Å². The van der Waals surface area contributed by atoms with Gasteiger partial charge in [0.25, 0.3) is 5.91 Å². The highest BCUT2D eigenvalue weighted by Gasteiger charge is 2.43. The van der Waals surface area contributed by atoms with Crippen LogP contribution in [0.4, 0.5) is 35.4 Å². The second kappa shape index (κ2) is 33.4. The molecule has 26 nitrogen and oxygen atoms in total. The predicted molar refractivity (Wildman–Crippen MR) is 419 cm³/mol. The van der Waals surface area contributed by atoms with Crippen molar-refractivity contribution in [1.82, 2.24) is 59.7 Å². The van der Waals surface area contributed by atoms with Crippen LogP contribution in [0.2, 0.25) is 0 Å². The number of nitrogens with one attached hydrogen (secondary N) is 3. The van der Waals surface area contributed by atoms with E-state index in [2.05, 4.69) is 36.7 Å². The lowest BCUT2D eigenvalue weighted by Crippen LogP contribution is -2.45. The highest BCUT2D eigenvalue weighted by atomic mass is 19.3. The zero-order valence-corrected chi connectivity index (χ0v) is 64.0. The summed E-state index contributed by atoms with van der Waals surface area (Å²) in [5, 5.41) is 22.8. The first-order valence-electron chi connectivity index (χ1n) is 36.4. The number of methoxy groups -OCH3 is 6. The van der Waals surface area contributed by atoms with Crippen LogP contribution in [0.15, 0.2) is 164 Å². The molecule has 6 aromatic heterocycles. The van der Waals surface area contributed by atoms with Gasteiger partial charge < -0.3 is 68.5 Å². The fourth-order valence-electron chi connectivity index (χ4n) is 14.4. The topological polar surface area (TPSA) is 261 Å². The van der Waals surface area contributed by atoms with Crippen molar-refractivity contribution in [3.63, 3.8) is 0 Å². The van der Waals surface area contributed by atoms with E-state index in [9.17, 15) is 23.2 Å². The van der Waals surface area contributed by atoms with Crippen molar-refractivity contribution in [2.45, 2.75) is 91.5 Å². The summed E-state index contributed by atoms with van der Waals surface area (Å²) in [5.74, 6) is -0.537. The summed E-state index contributed by atoms with van der Waals surface area (Å²) in [5.41, 5.74) is 16.0. The Bertz CT molecular complexity index is 5360. The maximum atomic E-state index is 14.7. The summed E-state index contributed by atoms with van der Waals surface area (Å²) in [4.78, 5) is 58.4. The largest absolute Gasteiger partial charge is 0.493 e. The molecular formula is C83H89F2N15O11. The Morgan fingerprint density at radius 2 is 0.766 bits per heavy atom. The van der Waals surface area contributed by atoms with Crippen LogP contribution in [-0.2, 0) is 22.1 Å². The van der Waals surface area contributed by atoms with Gasteiger partial charge in [-0.1, -0.05) is 78.9 Å². The molecule has 0 saturated carbocycles. The van der Waals surface area contributed by atoms with E-state index in [4.69, 9.17) is 68.1 Å². The molecule has 0 spiro atoms. The summed E-state index contributed by atoms with van der Waals surface area (Å²) in [6.45, 7) is 15.8. The molecule has 0 unspecified atom stereocenters. The summed E-state index contributed by atoms with van der Waals surface area (Å²) in [7, 11) is 9.66. The van der Waals surface area contributed by atoms with Crippen molar-refractivity contribution < 1.29 is 61.1 Å². The van der Waals surface area contributed by atoms with Crippen LogP contribution in [0.5, 0.6) is 40.2 Å². The van der Waals surface area contributed by atoms with Crippen molar-refractivity contribution in [2.24, 2.45) is 0 Å². The number of aryl methyl sites for hydroxylation is 6. The number of amides is 3. The first-order chi connectivity index (χ1) is 53.6. The van der Waals surface area contributed by atoms with Crippen molar-refractivity contribution in [3.8, 4) is 74.0 Å². The fraction of sp³-hybridized carbons (Fsp3) is 0.313. The number of nitrogens with zero attached hydrogens (tertiary/aromatic N) is 12. The number of aromatic nitrogens is 9. The van der Waals surface area contributed by atoms with E-state index in [1.807, 2.05) is 166 Å². The Kier molecular flexibility index (Phi) is 23.0. The van der Waals surface area contributed by atoms with E-state index < -0.39 is 30.1 Å². The van der Waals surface area contributed by atoms with E-state index in [0.717, 1.165) is 128 Å². The highest BCUT2D eigenvalue weighted by molar-refractivity contribution is 5.86. The summed E-state index contributed by atoms with van der Waals surface area (Å²) in [6.07, 6.45) is 1.30. The molecule has 6 aromatic carbocycles. The van der Waals surface area contributed by atoms with Gasteiger partial charge in [0, 0.05) is 67.6 Å². The highest BCUT2D eigenvalue weighted by Crippen LogP contribution is 2.41. The minimum atomic E-state index is -3.61. The second-order valence-corrected chi connectivity index (χ2v) is 27.3. The maximum absolute atomic E-state index is 14.7. The molecule has 576 valence electrons. The standard InChI is InChI=1S/C28H29F2N5O3.C28H31N5O4.C27H29N5O4/c1-17-14-22(34-13-12-21(16-34)32-27(36)28(29,30)20-8-6-5-7-9-20)26-31-18(2)25(35(26)33-17)19-10-11-23(37-3)24(15-19)38-4;1-18-14-23(32-13-12-22(16-32)30-28(34)37-17-20-8-6-5-7-9-20)27-29-19(2)26(33(27)31-18)21-10-11-24(35-3)25(15-21)36-4;1-17-14-22(31-13-12-20(16-31)29-27(33)36-21-8-6-5-7-9-21)26-28-18(2)25(32(26)30-17)19-10-11-23(34-3)24(15-19)35-4/h5-11,14-15,21H,12-13,16H2,1-4H3,(H,32,36);5-11,14-15,22H,12-13,16-17H2,1-4H3,(H,30,34);5-11,14-15,20H,12-13,16H2,1-4H3,(H,29,33)/t21-;22-;20-/m111/s1. The number of hydrogen-bond acceptors (Lipinski definition) is 20. The first-order valence-corrected chi connectivity index (χ1v) is 36.4. The lowest BCUT2D eigenvalue weighted by molar-refractivity contribution is -0.147. The second-order valence-electron chi connectivity index (χ2n) is 27.3. The Morgan fingerprint density at radius 3 is 1.14 bits per heavy atom. The Balaban J connectivity index is 0.000000146.